The van der Waals surface area contributed by atoms with Crippen molar-refractivity contribution in [1.82, 2.24) is 0 Å². The van der Waals surface area contributed by atoms with Gasteiger partial charge in [0, 0.05) is 6.42 Å². The van der Waals surface area contributed by atoms with Gasteiger partial charge in [-0.05, 0) is 38.5 Å². The molecule has 136 valence electrons. The number of carboxylic acids is 1. The van der Waals surface area contributed by atoms with Crippen molar-refractivity contribution >= 4 is 5.97 Å². The molecule has 0 aromatic heterocycles. The van der Waals surface area contributed by atoms with E-state index in [1.54, 1.807) is 6.08 Å². The predicted octanol–water partition coefficient (Wildman–Crippen LogP) is 4.51. The van der Waals surface area contributed by atoms with Crippen LogP contribution < -0.4 is 0 Å². The van der Waals surface area contributed by atoms with Gasteiger partial charge in [-0.3, -0.25) is 0 Å². The molecule has 0 aromatic rings. The van der Waals surface area contributed by atoms with Crippen LogP contribution >= 0.6 is 0 Å². The normalized spacial score (nSPS) is 13.1. The van der Waals surface area contributed by atoms with Gasteiger partial charge < -0.3 is 15.3 Å². The van der Waals surface area contributed by atoms with E-state index >= 15 is 0 Å². The first-order valence-electron chi connectivity index (χ1n) is 8.78. The lowest BCUT2D eigenvalue weighted by Crippen LogP contribution is -2.37. The Kier molecular flexibility index (Phi) is 13.9. The second-order valence-electron chi connectivity index (χ2n) is 5.75. The Labute approximate surface area is 145 Å². The summed E-state index contributed by atoms with van der Waals surface area (Å²) in [5.41, 5.74) is 0. The van der Waals surface area contributed by atoms with Crippen LogP contribution in [0, 0.1) is 0 Å². The molecule has 0 amide bonds. The molecular formula is C20H32O4. The van der Waals surface area contributed by atoms with Crippen molar-refractivity contribution in [1.29, 1.82) is 0 Å². The fraction of sp³-hybridized carbons (Fsp3) is 0.550. The van der Waals surface area contributed by atoms with Crippen LogP contribution in [0.5, 0.6) is 0 Å². The minimum absolute atomic E-state index is 0.211. The fourth-order valence-electron chi connectivity index (χ4n) is 1.95. The molecular weight excluding hydrogens is 304 g/mol. The Morgan fingerprint density at radius 3 is 1.71 bits per heavy atom. The zero-order chi connectivity index (χ0) is 18.1. The summed E-state index contributed by atoms with van der Waals surface area (Å²) in [7, 11) is 0. The fourth-order valence-corrected chi connectivity index (χ4v) is 1.95. The number of carbonyl (C=O) groups is 1. The van der Waals surface area contributed by atoms with Gasteiger partial charge in [0.05, 0.1) is 0 Å². The van der Waals surface area contributed by atoms with Gasteiger partial charge in [0.1, 0.15) is 0 Å². The van der Waals surface area contributed by atoms with E-state index in [4.69, 9.17) is 15.3 Å². The monoisotopic (exact) mass is 336 g/mol. The molecule has 0 aliphatic heterocycles. The van der Waals surface area contributed by atoms with Crippen molar-refractivity contribution in [3.05, 3.63) is 48.6 Å². The first kappa shape index (κ1) is 22.4. The Morgan fingerprint density at radius 1 is 0.792 bits per heavy atom. The maximum atomic E-state index is 10.5. The van der Waals surface area contributed by atoms with E-state index in [0.29, 0.717) is 6.42 Å². The van der Waals surface area contributed by atoms with Crippen molar-refractivity contribution in [3.8, 4) is 0 Å². The summed E-state index contributed by atoms with van der Waals surface area (Å²) in [5, 5.41) is 26.7. The quantitative estimate of drug-likeness (QED) is 0.248. The first-order valence-corrected chi connectivity index (χ1v) is 8.78. The molecule has 0 atom stereocenters. The molecule has 0 aromatic carbocycles. The van der Waals surface area contributed by atoms with Crippen molar-refractivity contribution in [3.63, 3.8) is 0 Å². The summed E-state index contributed by atoms with van der Waals surface area (Å²) in [4.78, 5) is 10.5. The van der Waals surface area contributed by atoms with Crippen molar-refractivity contribution in [2.24, 2.45) is 0 Å². The van der Waals surface area contributed by atoms with Crippen LogP contribution in [0.15, 0.2) is 48.6 Å². The number of hydrogen-bond donors (Lipinski definition) is 3. The Bertz CT molecular complexity index is 431. The van der Waals surface area contributed by atoms with Gasteiger partial charge >= 0.3 is 5.97 Å². The van der Waals surface area contributed by atoms with Gasteiger partial charge in [-0.1, -0.05) is 68.4 Å². The lowest BCUT2D eigenvalue weighted by atomic mass is 10.1. The first-order chi connectivity index (χ1) is 11.5. The Hall–Kier alpha value is -1.65. The number of carboxylic acid groups (broad SMARTS) is 1. The molecule has 0 heterocycles. The van der Waals surface area contributed by atoms with Crippen LogP contribution in [0.4, 0.5) is 0 Å². The topological polar surface area (TPSA) is 77.8 Å². The highest BCUT2D eigenvalue weighted by Crippen LogP contribution is 2.09. The zero-order valence-electron chi connectivity index (χ0n) is 14.7. The van der Waals surface area contributed by atoms with E-state index in [2.05, 4.69) is 37.3 Å². The van der Waals surface area contributed by atoms with Gasteiger partial charge in [-0.2, -0.15) is 0 Å². The molecule has 0 spiro atoms. The van der Waals surface area contributed by atoms with E-state index in [1.807, 2.05) is 12.2 Å². The predicted molar refractivity (Wildman–Crippen MR) is 98.6 cm³/mol. The standard InChI is InChI=1S/C20H32O4/c1-2-3-4-5-6-7-8-9-10-11-12-13-14-15-16-17-18-20(23,24)19(21)22/h6-7,9-10,12-13,15-16,23-24H,2-5,8,11,14,17-18H2,1H3,(H,21,22)/b7-6-,10-9-,13-12-,16-15-. The molecule has 0 saturated heterocycles. The molecule has 0 rings (SSSR count). The van der Waals surface area contributed by atoms with Crippen LogP contribution in [0.25, 0.3) is 0 Å². The van der Waals surface area contributed by atoms with Crippen molar-refractivity contribution in [2.45, 2.75) is 70.5 Å². The van der Waals surface area contributed by atoms with Crippen LogP contribution in [0.2, 0.25) is 0 Å². The number of hydrogen-bond acceptors (Lipinski definition) is 3. The number of aliphatic hydroxyl groups is 2. The smallest absolute Gasteiger partial charge is 0.364 e. The van der Waals surface area contributed by atoms with Crippen molar-refractivity contribution in [2.75, 3.05) is 0 Å². The average molecular weight is 336 g/mol. The Balaban J connectivity index is 3.60. The third kappa shape index (κ3) is 14.0. The average Bonchev–Trinajstić information content (AvgIpc) is 2.54. The minimum Gasteiger partial charge on any atom is -0.477 e. The van der Waals surface area contributed by atoms with E-state index in [9.17, 15) is 4.79 Å². The summed E-state index contributed by atoms with van der Waals surface area (Å²) in [6.07, 6.45) is 24.3. The summed E-state index contributed by atoms with van der Waals surface area (Å²) >= 11 is 0. The van der Waals surface area contributed by atoms with E-state index in [1.165, 1.54) is 25.7 Å². The molecule has 0 fully saturated rings. The molecule has 3 N–H and O–H groups in total. The van der Waals surface area contributed by atoms with Crippen LogP contribution in [-0.2, 0) is 4.79 Å². The van der Waals surface area contributed by atoms with Crippen molar-refractivity contribution < 1.29 is 20.1 Å². The van der Waals surface area contributed by atoms with Gasteiger partial charge in [-0.25, -0.2) is 4.79 Å². The lowest BCUT2D eigenvalue weighted by molar-refractivity contribution is -0.205. The molecule has 0 aliphatic carbocycles. The third-order valence-corrected chi connectivity index (χ3v) is 3.46. The molecule has 4 nitrogen and oxygen atoms in total. The van der Waals surface area contributed by atoms with E-state index in [0.717, 1.165) is 19.3 Å². The van der Waals surface area contributed by atoms with Crippen LogP contribution in [-0.4, -0.2) is 27.1 Å². The summed E-state index contributed by atoms with van der Waals surface area (Å²) in [6, 6.07) is 0. The number of allylic oxidation sites excluding steroid dienone is 8. The highest BCUT2D eigenvalue weighted by Gasteiger charge is 2.31. The minimum atomic E-state index is -2.63. The maximum absolute atomic E-state index is 10.5. The molecule has 24 heavy (non-hydrogen) atoms. The molecule has 0 bridgehead atoms. The molecule has 0 saturated carbocycles. The number of unbranched alkanes of at least 4 members (excludes halogenated alkanes) is 3. The van der Waals surface area contributed by atoms with E-state index < -0.39 is 11.8 Å². The molecule has 0 unspecified atom stereocenters. The molecule has 0 radical (unpaired) electrons. The third-order valence-electron chi connectivity index (χ3n) is 3.46. The number of aliphatic carboxylic acids is 1. The summed E-state index contributed by atoms with van der Waals surface area (Å²) < 4.78 is 0. The van der Waals surface area contributed by atoms with Gasteiger partial charge in [-0.15, -0.1) is 0 Å². The maximum Gasteiger partial charge on any atom is 0.364 e. The zero-order valence-corrected chi connectivity index (χ0v) is 14.7. The highest BCUT2D eigenvalue weighted by atomic mass is 16.5. The summed E-state index contributed by atoms with van der Waals surface area (Å²) in [6.45, 7) is 2.21. The lowest BCUT2D eigenvalue weighted by Gasteiger charge is -2.14. The Morgan fingerprint density at radius 2 is 1.25 bits per heavy atom. The number of rotatable bonds is 14. The SMILES string of the molecule is CCCCC/C=C\C/C=C\C/C=C\C/C=C\CCC(O)(O)C(=O)O. The van der Waals surface area contributed by atoms with Crippen LogP contribution in [0.1, 0.15) is 64.7 Å². The summed E-state index contributed by atoms with van der Waals surface area (Å²) in [5.74, 6) is -4.24. The highest BCUT2D eigenvalue weighted by molar-refractivity contribution is 5.74. The van der Waals surface area contributed by atoms with Gasteiger partial charge in [0.25, 0.3) is 5.79 Å². The van der Waals surface area contributed by atoms with Gasteiger partial charge in [0.2, 0.25) is 0 Å². The molecule has 0 aliphatic rings. The van der Waals surface area contributed by atoms with E-state index in [-0.39, 0.29) is 6.42 Å². The van der Waals surface area contributed by atoms with Gasteiger partial charge in [0.15, 0.2) is 0 Å². The molecule has 4 heteroatoms. The largest absolute Gasteiger partial charge is 0.477 e. The second-order valence-corrected chi connectivity index (χ2v) is 5.75. The second kappa shape index (κ2) is 14.9. The van der Waals surface area contributed by atoms with Crippen LogP contribution in [0.3, 0.4) is 0 Å².